The van der Waals surface area contributed by atoms with Gasteiger partial charge in [-0.15, -0.1) is 0 Å². The van der Waals surface area contributed by atoms with E-state index < -0.39 is 5.60 Å². The SMILES string of the molecule is CC(C)(O)CN1CCN(c2cc(NN)ncn2)CC1. The Morgan fingerprint density at radius 1 is 1.32 bits per heavy atom. The molecule has 0 radical (unpaired) electrons. The summed E-state index contributed by atoms with van der Waals surface area (Å²) in [6.45, 7) is 7.97. The topological polar surface area (TPSA) is 90.5 Å². The van der Waals surface area contributed by atoms with Crippen molar-refractivity contribution in [1.82, 2.24) is 14.9 Å². The molecule has 106 valence electrons. The van der Waals surface area contributed by atoms with Gasteiger partial charge in [0, 0.05) is 38.8 Å². The minimum absolute atomic E-state index is 0.615. The third-order valence-corrected chi connectivity index (χ3v) is 3.11. The van der Waals surface area contributed by atoms with Gasteiger partial charge in [-0.05, 0) is 13.8 Å². The van der Waals surface area contributed by atoms with Gasteiger partial charge in [0.15, 0.2) is 0 Å². The molecule has 1 saturated heterocycles. The van der Waals surface area contributed by atoms with Gasteiger partial charge in [0.25, 0.3) is 0 Å². The number of hydrogen-bond acceptors (Lipinski definition) is 7. The average Bonchev–Trinajstić information content (AvgIpc) is 2.38. The molecule has 1 fully saturated rings. The number of aromatic nitrogens is 2. The predicted octanol–water partition coefficient (Wildman–Crippen LogP) is -0.345. The number of rotatable bonds is 4. The Morgan fingerprint density at radius 2 is 2.00 bits per heavy atom. The Balaban J connectivity index is 1.92. The van der Waals surface area contributed by atoms with Crippen LogP contribution in [-0.2, 0) is 0 Å². The van der Waals surface area contributed by atoms with Gasteiger partial charge in [-0.3, -0.25) is 4.90 Å². The lowest BCUT2D eigenvalue weighted by atomic mass is 10.1. The van der Waals surface area contributed by atoms with Crippen molar-refractivity contribution < 1.29 is 5.11 Å². The van der Waals surface area contributed by atoms with Crippen LogP contribution in [0.1, 0.15) is 13.8 Å². The number of hydrogen-bond donors (Lipinski definition) is 3. The number of aliphatic hydroxyl groups is 1. The fraction of sp³-hybridized carbons (Fsp3) is 0.667. The molecule has 0 unspecified atom stereocenters. The van der Waals surface area contributed by atoms with Gasteiger partial charge < -0.3 is 15.4 Å². The van der Waals surface area contributed by atoms with Gasteiger partial charge in [0.2, 0.25) is 0 Å². The van der Waals surface area contributed by atoms with Crippen LogP contribution in [0.5, 0.6) is 0 Å². The molecule has 19 heavy (non-hydrogen) atoms. The minimum Gasteiger partial charge on any atom is -0.389 e. The van der Waals surface area contributed by atoms with Crippen molar-refractivity contribution in [1.29, 1.82) is 0 Å². The predicted molar refractivity (Wildman–Crippen MR) is 74.8 cm³/mol. The molecule has 1 aliphatic heterocycles. The molecule has 7 nitrogen and oxygen atoms in total. The molecule has 0 aromatic carbocycles. The molecule has 7 heteroatoms. The normalized spacial score (nSPS) is 17.6. The van der Waals surface area contributed by atoms with Crippen molar-refractivity contribution in [3.63, 3.8) is 0 Å². The molecule has 0 aliphatic carbocycles. The van der Waals surface area contributed by atoms with Gasteiger partial charge >= 0.3 is 0 Å². The third kappa shape index (κ3) is 4.02. The highest BCUT2D eigenvalue weighted by atomic mass is 16.3. The standard InChI is InChI=1S/C12H22N6O/c1-12(2,19)8-17-3-5-18(6-4-17)11-7-10(16-13)14-9-15-11/h7,9,19H,3-6,8,13H2,1-2H3,(H,14,15,16). The molecule has 0 atom stereocenters. The quantitative estimate of drug-likeness (QED) is 0.507. The van der Waals surface area contributed by atoms with Crippen LogP contribution in [0, 0.1) is 0 Å². The number of piperazine rings is 1. The maximum atomic E-state index is 9.82. The first-order chi connectivity index (χ1) is 8.98. The third-order valence-electron chi connectivity index (χ3n) is 3.11. The van der Waals surface area contributed by atoms with Crippen LogP contribution in [0.25, 0.3) is 0 Å². The second-order valence-corrected chi connectivity index (χ2v) is 5.48. The summed E-state index contributed by atoms with van der Waals surface area (Å²) in [5.41, 5.74) is 1.88. The number of hydrazine groups is 1. The molecule has 2 heterocycles. The summed E-state index contributed by atoms with van der Waals surface area (Å²) in [6, 6.07) is 1.84. The Kier molecular flexibility index (Phi) is 4.18. The fourth-order valence-corrected chi connectivity index (χ4v) is 2.28. The van der Waals surface area contributed by atoms with E-state index in [9.17, 15) is 5.11 Å². The van der Waals surface area contributed by atoms with Crippen LogP contribution >= 0.6 is 0 Å². The molecule has 1 aromatic heterocycles. The van der Waals surface area contributed by atoms with Crippen LogP contribution in [0.2, 0.25) is 0 Å². The van der Waals surface area contributed by atoms with E-state index in [2.05, 4.69) is 25.2 Å². The Bertz CT molecular complexity index is 411. The summed E-state index contributed by atoms with van der Waals surface area (Å²) in [4.78, 5) is 12.7. The molecule has 1 aliphatic rings. The van der Waals surface area contributed by atoms with Crippen molar-refractivity contribution in [2.45, 2.75) is 19.4 Å². The highest BCUT2D eigenvalue weighted by molar-refractivity contribution is 5.48. The van der Waals surface area contributed by atoms with Crippen molar-refractivity contribution in [3.05, 3.63) is 12.4 Å². The monoisotopic (exact) mass is 266 g/mol. The zero-order valence-electron chi connectivity index (χ0n) is 11.5. The number of nitrogens with one attached hydrogen (secondary N) is 1. The smallest absolute Gasteiger partial charge is 0.145 e. The first-order valence-corrected chi connectivity index (χ1v) is 6.46. The molecule has 4 N–H and O–H groups in total. The van der Waals surface area contributed by atoms with E-state index >= 15 is 0 Å². The minimum atomic E-state index is -0.645. The van der Waals surface area contributed by atoms with E-state index in [1.165, 1.54) is 6.33 Å². The van der Waals surface area contributed by atoms with Crippen LogP contribution in [0.3, 0.4) is 0 Å². The van der Waals surface area contributed by atoms with Crippen LogP contribution < -0.4 is 16.2 Å². The Labute approximate surface area is 113 Å². The molecule has 0 bridgehead atoms. The average molecular weight is 266 g/mol. The zero-order chi connectivity index (χ0) is 13.9. The van der Waals surface area contributed by atoms with Gasteiger partial charge in [0.1, 0.15) is 18.0 Å². The summed E-state index contributed by atoms with van der Waals surface area (Å²) < 4.78 is 0. The number of anilines is 2. The van der Waals surface area contributed by atoms with Crippen molar-refractivity contribution in [2.24, 2.45) is 5.84 Å². The summed E-state index contributed by atoms with van der Waals surface area (Å²) in [5.74, 6) is 6.84. The summed E-state index contributed by atoms with van der Waals surface area (Å²) in [5, 5.41) is 9.82. The van der Waals surface area contributed by atoms with Crippen LogP contribution in [0.4, 0.5) is 11.6 Å². The van der Waals surface area contributed by atoms with Gasteiger partial charge in [0.05, 0.1) is 5.60 Å². The molecular formula is C12H22N6O. The molecule has 0 saturated carbocycles. The van der Waals surface area contributed by atoms with E-state index in [4.69, 9.17) is 5.84 Å². The van der Waals surface area contributed by atoms with E-state index in [0.29, 0.717) is 12.4 Å². The van der Waals surface area contributed by atoms with Crippen molar-refractivity contribution >= 4 is 11.6 Å². The number of nitrogens with zero attached hydrogens (tertiary/aromatic N) is 4. The lowest BCUT2D eigenvalue weighted by molar-refractivity contribution is 0.0344. The largest absolute Gasteiger partial charge is 0.389 e. The Morgan fingerprint density at radius 3 is 2.58 bits per heavy atom. The fourth-order valence-electron chi connectivity index (χ4n) is 2.28. The van der Waals surface area contributed by atoms with E-state index in [-0.39, 0.29) is 0 Å². The van der Waals surface area contributed by atoms with E-state index in [1.54, 1.807) is 0 Å². The number of nitrogens with two attached hydrogens (primary N) is 1. The molecular weight excluding hydrogens is 244 g/mol. The van der Waals surface area contributed by atoms with Gasteiger partial charge in [-0.2, -0.15) is 0 Å². The van der Waals surface area contributed by atoms with Crippen molar-refractivity contribution in [3.8, 4) is 0 Å². The van der Waals surface area contributed by atoms with E-state index in [0.717, 1.165) is 32.0 Å². The molecule has 0 amide bonds. The zero-order valence-corrected chi connectivity index (χ0v) is 11.5. The second kappa shape index (κ2) is 5.68. The van der Waals surface area contributed by atoms with Crippen LogP contribution in [-0.4, -0.2) is 58.3 Å². The van der Waals surface area contributed by atoms with Crippen molar-refractivity contribution in [2.75, 3.05) is 43.0 Å². The van der Waals surface area contributed by atoms with Gasteiger partial charge in [-0.25, -0.2) is 15.8 Å². The molecule has 1 aromatic rings. The summed E-state index contributed by atoms with van der Waals surface area (Å²) >= 11 is 0. The van der Waals surface area contributed by atoms with Gasteiger partial charge in [-0.1, -0.05) is 0 Å². The number of β-amino-alcohol motifs (C(OH)–C–C–N with tert-alkyl or cyclic N) is 1. The van der Waals surface area contributed by atoms with E-state index in [1.807, 2.05) is 19.9 Å². The summed E-state index contributed by atoms with van der Waals surface area (Å²) in [6.07, 6.45) is 1.51. The maximum Gasteiger partial charge on any atom is 0.145 e. The first-order valence-electron chi connectivity index (χ1n) is 6.46. The summed E-state index contributed by atoms with van der Waals surface area (Å²) in [7, 11) is 0. The molecule has 0 spiro atoms. The van der Waals surface area contributed by atoms with Crippen LogP contribution in [0.15, 0.2) is 12.4 Å². The molecule has 2 rings (SSSR count). The highest BCUT2D eigenvalue weighted by Gasteiger charge is 2.23. The first kappa shape index (κ1) is 14.0. The second-order valence-electron chi connectivity index (χ2n) is 5.48. The lowest BCUT2D eigenvalue weighted by Crippen LogP contribution is -2.50. The number of nitrogen functional groups attached to an aromatic ring is 1. The maximum absolute atomic E-state index is 9.82. The highest BCUT2D eigenvalue weighted by Crippen LogP contribution is 2.16. The lowest BCUT2D eigenvalue weighted by Gasteiger charge is -2.37. The Hall–Kier alpha value is -1.44.